The Labute approximate surface area is 127 Å². The van der Waals surface area contributed by atoms with Gasteiger partial charge in [-0.25, -0.2) is 0 Å². The maximum absolute atomic E-state index is 5.82. The third-order valence-electron chi connectivity index (χ3n) is 5.40. The zero-order chi connectivity index (χ0) is 14.1. The van der Waals surface area contributed by atoms with Gasteiger partial charge in [-0.3, -0.25) is 0 Å². The Morgan fingerprint density at radius 1 is 0.905 bits per heavy atom. The van der Waals surface area contributed by atoms with Gasteiger partial charge in [-0.15, -0.1) is 0 Å². The summed E-state index contributed by atoms with van der Waals surface area (Å²) >= 11 is 0. The first kappa shape index (κ1) is 13.6. The number of benzene rings is 1. The lowest BCUT2D eigenvalue weighted by molar-refractivity contribution is -0.178. The van der Waals surface area contributed by atoms with E-state index in [9.17, 15) is 0 Å². The fourth-order valence-corrected chi connectivity index (χ4v) is 4.11. The van der Waals surface area contributed by atoms with Crippen LogP contribution in [0.2, 0.25) is 0 Å². The second-order valence-electron chi connectivity index (χ2n) is 6.67. The molecule has 21 heavy (non-hydrogen) atoms. The lowest BCUT2D eigenvalue weighted by Crippen LogP contribution is -2.34. The lowest BCUT2D eigenvalue weighted by Gasteiger charge is -2.35. The van der Waals surface area contributed by atoms with Crippen LogP contribution < -0.4 is 4.90 Å². The highest BCUT2D eigenvalue weighted by atomic mass is 16.7. The molecular formula is C18H25NO2. The molecule has 0 N–H and O–H groups in total. The van der Waals surface area contributed by atoms with Crippen LogP contribution in [-0.2, 0) is 9.47 Å². The van der Waals surface area contributed by atoms with Crippen molar-refractivity contribution in [1.82, 2.24) is 0 Å². The summed E-state index contributed by atoms with van der Waals surface area (Å²) in [5, 5.41) is 0. The van der Waals surface area contributed by atoms with Crippen molar-refractivity contribution in [2.45, 2.75) is 50.2 Å². The Morgan fingerprint density at radius 3 is 2.14 bits per heavy atom. The minimum Gasteiger partial charge on any atom is -0.372 e. The zero-order valence-corrected chi connectivity index (χ0v) is 12.7. The van der Waals surface area contributed by atoms with Gasteiger partial charge >= 0.3 is 0 Å². The first-order valence-corrected chi connectivity index (χ1v) is 8.48. The van der Waals surface area contributed by atoms with Crippen molar-refractivity contribution in [3.63, 3.8) is 0 Å². The summed E-state index contributed by atoms with van der Waals surface area (Å²) in [5.41, 5.74) is 2.89. The van der Waals surface area contributed by atoms with E-state index in [2.05, 4.69) is 29.2 Å². The van der Waals surface area contributed by atoms with Crippen LogP contribution in [0.3, 0.4) is 0 Å². The number of nitrogens with zero attached hydrogens (tertiary/aromatic N) is 1. The summed E-state index contributed by atoms with van der Waals surface area (Å²) < 4.78 is 11.6. The highest BCUT2D eigenvalue weighted by Crippen LogP contribution is 2.42. The summed E-state index contributed by atoms with van der Waals surface area (Å²) in [6.45, 7) is 3.99. The molecule has 2 saturated heterocycles. The van der Waals surface area contributed by atoms with Crippen molar-refractivity contribution in [1.29, 1.82) is 0 Å². The molecule has 0 amide bonds. The van der Waals surface area contributed by atoms with Crippen LogP contribution in [0.25, 0.3) is 0 Å². The normalized spacial score (nSPS) is 25.8. The van der Waals surface area contributed by atoms with Crippen LogP contribution >= 0.6 is 0 Å². The summed E-state index contributed by atoms with van der Waals surface area (Å²) in [7, 11) is 0. The van der Waals surface area contributed by atoms with Crippen LogP contribution in [0.15, 0.2) is 24.3 Å². The van der Waals surface area contributed by atoms with Gasteiger partial charge in [-0.2, -0.15) is 0 Å². The molecule has 3 aliphatic rings. The maximum Gasteiger partial charge on any atom is 0.168 e. The van der Waals surface area contributed by atoms with E-state index >= 15 is 0 Å². The van der Waals surface area contributed by atoms with Crippen molar-refractivity contribution in [2.24, 2.45) is 0 Å². The van der Waals surface area contributed by atoms with E-state index in [4.69, 9.17) is 9.47 Å². The van der Waals surface area contributed by atoms with Crippen molar-refractivity contribution < 1.29 is 9.47 Å². The van der Waals surface area contributed by atoms with Crippen LogP contribution in [0.5, 0.6) is 0 Å². The second kappa shape index (κ2) is 5.62. The monoisotopic (exact) mass is 287 g/mol. The number of hydrogen-bond acceptors (Lipinski definition) is 3. The SMILES string of the molecule is c1cc(N2CCCC2)ccc1C1CCC2(CC1)OCCO2. The molecule has 3 heteroatoms. The summed E-state index contributed by atoms with van der Waals surface area (Å²) in [4.78, 5) is 2.50. The summed E-state index contributed by atoms with van der Waals surface area (Å²) in [5.74, 6) is 0.447. The highest BCUT2D eigenvalue weighted by Gasteiger charge is 2.40. The quantitative estimate of drug-likeness (QED) is 0.828. The average Bonchev–Trinajstić information content (AvgIpc) is 3.21. The molecule has 114 valence electrons. The van der Waals surface area contributed by atoms with E-state index in [1.165, 1.54) is 50.0 Å². The van der Waals surface area contributed by atoms with Crippen molar-refractivity contribution in [3.8, 4) is 0 Å². The van der Waals surface area contributed by atoms with Gasteiger partial charge in [0, 0.05) is 31.6 Å². The Kier molecular flexibility index (Phi) is 3.64. The topological polar surface area (TPSA) is 21.7 Å². The standard InChI is InChI=1S/C18H25NO2/c1-2-12-19(11-1)17-5-3-15(4-6-17)16-7-9-18(10-8-16)20-13-14-21-18/h3-6,16H,1-2,7-14H2. The van der Waals surface area contributed by atoms with Crippen molar-refractivity contribution in [3.05, 3.63) is 29.8 Å². The van der Waals surface area contributed by atoms with Crippen molar-refractivity contribution in [2.75, 3.05) is 31.2 Å². The molecule has 1 aromatic carbocycles. The van der Waals surface area contributed by atoms with Gasteiger partial charge in [-0.05, 0) is 49.3 Å². The molecule has 2 aliphatic heterocycles. The molecule has 0 unspecified atom stereocenters. The third kappa shape index (κ3) is 2.69. The van der Waals surface area contributed by atoms with Gasteiger partial charge in [0.25, 0.3) is 0 Å². The molecule has 0 atom stereocenters. The van der Waals surface area contributed by atoms with Gasteiger partial charge < -0.3 is 14.4 Å². The van der Waals surface area contributed by atoms with E-state index in [-0.39, 0.29) is 5.79 Å². The number of ether oxygens (including phenoxy) is 2. The van der Waals surface area contributed by atoms with Gasteiger partial charge in [0.15, 0.2) is 5.79 Å². The number of rotatable bonds is 2. The first-order valence-electron chi connectivity index (χ1n) is 8.48. The molecule has 1 aliphatic carbocycles. The van der Waals surface area contributed by atoms with Crippen LogP contribution in [0.1, 0.15) is 50.0 Å². The molecule has 3 fully saturated rings. The summed E-state index contributed by atoms with van der Waals surface area (Å²) in [6, 6.07) is 9.31. The van der Waals surface area contributed by atoms with Crippen LogP contribution in [0.4, 0.5) is 5.69 Å². The fraction of sp³-hybridized carbons (Fsp3) is 0.667. The number of hydrogen-bond donors (Lipinski definition) is 0. The molecule has 2 heterocycles. The Bertz CT molecular complexity index is 462. The molecule has 0 bridgehead atoms. The Hall–Kier alpha value is -1.06. The van der Waals surface area contributed by atoms with Gasteiger partial charge in [0.2, 0.25) is 0 Å². The lowest BCUT2D eigenvalue weighted by atomic mass is 9.81. The molecule has 1 saturated carbocycles. The molecular weight excluding hydrogens is 262 g/mol. The zero-order valence-electron chi connectivity index (χ0n) is 12.7. The van der Waals surface area contributed by atoms with Gasteiger partial charge in [0.1, 0.15) is 0 Å². The van der Waals surface area contributed by atoms with Crippen molar-refractivity contribution >= 4 is 5.69 Å². The van der Waals surface area contributed by atoms with Gasteiger partial charge in [0.05, 0.1) is 13.2 Å². The molecule has 1 spiro atoms. The molecule has 1 aromatic rings. The van der Waals surface area contributed by atoms with E-state index in [0.717, 1.165) is 26.1 Å². The van der Waals surface area contributed by atoms with E-state index < -0.39 is 0 Å². The van der Waals surface area contributed by atoms with Gasteiger partial charge in [-0.1, -0.05) is 12.1 Å². The van der Waals surface area contributed by atoms with E-state index in [1.807, 2.05) is 0 Å². The smallest absolute Gasteiger partial charge is 0.168 e. The first-order chi connectivity index (χ1) is 10.3. The maximum atomic E-state index is 5.82. The van der Waals surface area contributed by atoms with E-state index in [0.29, 0.717) is 5.92 Å². The molecule has 0 radical (unpaired) electrons. The molecule has 4 rings (SSSR count). The minimum atomic E-state index is -0.230. The van der Waals surface area contributed by atoms with Crippen LogP contribution in [-0.4, -0.2) is 32.1 Å². The minimum absolute atomic E-state index is 0.230. The third-order valence-corrected chi connectivity index (χ3v) is 5.40. The van der Waals surface area contributed by atoms with E-state index in [1.54, 1.807) is 0 Å². The fourth-order valence-electron chi connectivity index (χ4n) is 4.11. The van der Waals surface area contributed by atoms with Crippen LogP contribution in [0, 0.1) is 0 Å². The molecule has 3 nitrogen and oxygen atoms in total. The second-order valence-corrected chi connectivity index (χ2v) is 6.67. The number of anilines is 1. The average molecular weight is 287 g/mol. The Morgan fingerprint density at radius 2 is 1.52 bits per heavy atom. The molecule has 0 aromatic heterocycles. The predicted molar refractivity (Wildman–Crippen MR) is 83.7 cm³/mol. The largest absolute Gasteiger partial charge is 0.372 e. The highest BCUT2D eigenvalue weighted by molar-refractivity contribution is 5.48. The Balaban J connectivity index is 1.40. The summed E-state index contributed by atoms with van der Waals surface area (Å²) in [6.07, 6.45) is 7.14. The predicted octanol–water partition coefficient (Wildman–Crippen LogP) is 3.69.